The van der Waals surface area contributed by atoms with Crippen LogP contribution in [0, 0.1) is 5.41 Å². The molecule has 98 valence electrons. The lowest BCUT2D eigenvalue weighted by molar-refractivity contribution is 0.0836. The molecule has 0 radical (unpaired) electrons. The van der Waals surface area contributed by atoms with Crippen molar-refractivity contribution in [2.45, 2.75) is 38.3 Å². The Labute approximate surface area is 107 Å². The number of rotatable bonds is 6. The summed E-state index contributed by atoms with van der Waals surface area (Å²) in [7, 11) is 0. The van der Waals surface area contributed by atoms with Gasteiger partial charge in [-0.2, -0.15) is 0 Å². The lowest BCUT2D eigenvalue weighted by Gasteiger charge is -2.33. The minimum Gasteiger partial charge on any atom is -0.494 e. The molecule has 1 aromatic rings. The van der Waals surface area contributed by atoms with Crippen molar-refractivity contribution in [3.8, 4) is 5.75 Å². The van der Waals surface area contributed by atoms with Crippen LogP contribution < -0.4 is 10.1 Å². The number of hydrogen-bond acceptors (Lipinski definition) is 4. The maximum Gasteiger partial charge on any atom is 0.120 e. The van der Waals surface area contributed by atoms with Crippen LogP contribution in [0.2, 0.25) is 0 Å². The molecule has 0 bridgehead atoms. The number of nitrogens with one attached hydrogen (secondary N) is 2. The van der Waals surface area contributed by atoms with E-state index in [1.807, 2.05) is 18.2 Å². The predicted molar refractivity (Wildman–Crippen MR) is 72.8 cm³/mol. The van der Waals surface area contributed by atoms with Crippen molar-refractivity contribution in [3.05, 3.63) is 23.8 Å². The number of anilines is 1. The zero-order valence-electron chi connectivity index (χ0n) is 10.6. The smallest absolute Gasteiger partial charge is 0.120 e. The molecular weight excluding hydrogens is 228 g/mol. The van der Waals surface area contributed by atoms with E-state index in [0.29, 0.717) is 12.6 Å². The van der Waals surface area contributed by atoms with Crippen molar-refractivity contribution >= 4 is 11.9 Å². The van der Waals surface area contributed by atoms with Crippen molar-refractivity contribution in [2.24, 2.45) is 0 Å². The molecule has 1 aromatic carbocycles. The first-order valence-corrected chi connectivity index (χ1v) is 6.45. The van der Waals surface area contributed by atoms with Gasteiger partial charge in [-0.15, -0.1) is 0 Å². The lowest BCUT2D eigenvalue weighted by atomic mass is 9.89. The van der Waals surface area contributed by atoms with Crippen LogP contribution in [-0.2, 0) is 0 Å². The molecule has 4 nitrogen and oxygen atoms in total. The summed E-state index contributed by atoms with van der Waals surface area (Å²) in [5.41, 5.74) is 1.76. The molecule has 1 aliphatic carbocycles. The van der Waals surface area contributed by atoms with Gasteiger partial charge in [0.1, 0.15) is 5.75 Å². The highest BCUT2D eigenvalue weighted by Crippen LogP contribution is 2.27. The molecule has 3 N–H and O–H groups in total. The van der Waals surface area contributed by atoms with Crippen LogP contribution in [0.5, 0.6) is 5.75 Å². The van der Waals surface area contributed by atoms with Crippen LogP contribution in [0.3, 0.4) is 0 Å². The monoisotopic (exact) mass is 248 g/mol. The standard InChI is InChI=1S/C14H20N2O2/c1-2-5-18-13-3-4-14(10(6-13)9-15)16-11-7-12(17)8-11/h3-4,6,9,11-12,15-17H,2,5,7-8H2,1H3. The summed E-state index contributed by atoms with van der Waals surface area (Å²) in [5.74, 6) is 0.801. The maximum atomic E-state index is 9.26. The number of benzene rings is 1. The molecule has 1 saturated carbocycles. The van der Waals surface area contributed by atoms with Crippen molar-refractivity contribution in [1.82, 2.24) is 0 Å². The summed E-state index contributed by atoms with van der Waals surface area (Å²) in [4.78, 5) is 0. The summed E-state index contributed by atoms with van der Waals surface area (Å²) in [6.45, 7) is 2.76. The molecule has 0 unspecified atom stereocenters. The topological polar surface area (TPSA) is 65.3 Å². The van der Waals surface area contributed by atoms with E-state index in [2.05, 4.69) is 12.2 Å². The van der Waals surface area contributed by atoms with Crippen LogP contribution in [0.25, 0.3) is 0 Å². The first kappa shape index (κ1) is 12.9. The maximum absolute atomic E-state index is 9.26. The molecule has 4 heteroatoms. The predicted octanol–water partition coefficient (Wildman–Crippen LogP) is 2.41. The Morgan fingerprint density at radius 1 is 1.50 bits per heavy atom. The second-order valence-electron chi connectivity index (χ2n) is 4.71. The van der Waals surface area contributed by atoms with Gasteiger partial charge in [0.25, 0.3) is 0 Å². The molecule has 0 atom stereocenters. The van der Waals surface area contributed by atoms with Crippen LogP contribution in [0.4, 0.5) is 5.69 Å². The summed E-state index contributed by atoms with van der Waals surface area (Å²) < 4.78 is 5.54. The van der Waals surface area contributed by atoms with E-state index in [4.69, 9.17) is 10.1 Å². The SMILES string of the molecule is CCCOc1ccc(NC2CC(O)C2)c(C=N)c1. The molecule has 0 aromatic heterocycles. The Morgan fingerprint density at radius 2 is 2.28 bits per heavy atom. The normalized spacial score (nSPS) is 22.1. The van der Waals surface area contributed by atoms with Crippen molar-refractivity contribution in [2.75, 3.05) is 11.9 Å². The van der Waals surface area contributed by atoms with Gasteiger partial charge in [-0.25, -0.2) is 0 Å². The number of hydrogen-bond donors (Lipinski definition) is 3. The van der Waals surface area contributed by atoms with Crippen LogP contribution in [0.1, 0.15) is 31.7 Å². The number of ether oxygens (including phenoxy) is 1. The van der Waals surface area contributed by atoms with Gasteiger partial charge in [-0.05, 0) is 37.5 Å². The second-order valence-corrected chi connectivity index (χ2v) is 4.71. The Hall–Kier alpha value is -1.55. The zero-order chi connectivity index (χ0) is 13.0. The van der Waals surface area contributed by atoms with E-state index >= 15 is 0 Å². The Balaban J connectivity index is 2.03. The fourth-order valence-corrected chi connectivity index (χ4v) is 2.03. The van der Waals surface area contributed by atoms with Gasteiger partial charge in [0.2, 0.25) is 0 Å². The molecule has 1 aliphatic rings. The molecule has 18 heavy (non-hydrogen) atoms. The van der Waals surface area contributed by atoms with Crippen molar-refractivity contribution in [3.63, 3.8) is 0 Å². The molecular formula is C14H20N2O2. The average Bonchev–Trinajstić information content (AvgIpc) is 2.35. The number of aliphatic hydroxyl groups is 1. The Morgan fingerprint density at radius 3 is 2.89 bits per heavy atom. The van der Waals surface area contributed by atoms with Gasteiger partial charge < -0.3 is 20.6 Å². The van der Waals surface area contributed by atoms with E-state index in [-0.39, 0.29) is 6.10 Å². The third kappa shape index (κ3) is 3.01. The zero-order valence-corrected chi connectivity index (χ0v) is 10.6. The Kier molecular flexibility index (Phi) is 4.20. The third-order valence-corrected chi connectivity index (χ3v) is 3.12. The van der Waals surface area contributed by atoms with Gasteiger partial charge in [0, 0.05) is 23.5 Å². The van der Waals surface area contributed by atoms with E-state index in [1.165, 1.54) is 6.21 Å². The first-order valence-electron chi connectivity index (χ1n) is 6.45. The van der Waals surface area contributed by atoms with Gasteiger partial charge in [0.05, 0.1) is 12.7 Å². The molecule has 0 amide bonds. The summed E-state index contributed by atoms with van der Waals surface area (Å²) in [6, 6.07) is 6.05. The van der Waals surface area contributed by atoms with Crippen LogP contribution in [0.15, 0.2) is 18.2 Å². The largest absolute Gasteiger partial charge is 0.494 e. The van der Waals surface area contributed by atoms with E-state index in [0.717, 1.165) is 36.3 Å². The summed E-state index contributed by atoms with van der Waals surface area (Å²) >= 11 is 0. The van der Waals surface area contributed by atoms with E-state index < -0.39 is 0 Å². The van der Waals surface area contributed by atoms with E-state index in [9.17, 15) is 5.11 Å². The molecule has 0 aliphatic heterocycles. The van der Waals surface area contributed by atoms with Gasteiger partial charge in [-0.3, -0.25) is 0 Å². The summed E-state index contributed by atoms with van der Waals surface area (Å²) in [5, 5.41) is 20.1. The summed E-state index contributed by atoms with van der Waals surface area (Å²) in [6.07, 6.45) is 3.70. The average molecular weight is 248 g/mol. The Bertz CT molecular complexity index is 414. The highest BCUT2D eigenvalue weighted by atomic mass is 16.5. The fraction of sp³-hybridized carbons (Fsp3) is 0.500. The molecule has 0 heterocycles. The minimum atomic E-state index is -0.168. The first-order chi connectivity index (χ1) is 8.72. The minimum absolute atomic E-state index is 0.168. The highest BCUT2D eigenvalue weighted by molar-refractivity contribution is 5.86. The lowest BCUT2D eigenvalue weighted by Crippen LogP contribution is -2.39. The molecule has 0 spiro atoms. The molecule has 1 fully saturated rings. The van der Waals surface area contributed by atoms with Gasteiger partial charge >= 0.3 is 0 Å². The highest BCUT2D eigenvalue weighted by Gasteiger charge is 2.27. The van der Waals surface area contributed by atoms with Crippen LogP contribution >= 0.6 is 0 Å². The number of aliphatic hydroxyl groups excluding tert-OH is 1. The van der Waals surface area contributed by atoms with E-state index in [1.54, 1.807) is 0 Å². The van der Waals surface area contributed by atoms with Gasteiger partial charge in [-0.1, -0.05) is 6.92 Å². The quantitative estimate of drug-likeness (QED) is 0.677. The van der Waals surface area contributed by atoms with Gasteiger partial charge in [0.15, 0.2) is 0 Å². The van der Waals surface area contributed by atoms with Crippen LogP contribution in [-0.4, -0.2) is 30.1 Å². The second kappa shape index (κ2) is 5.87. The third-order valence-electron chi connectivity index (χ3n) is 3.12. The fourth-order valence-electron chi connectivity index (χ4n) is 2.03. The molecule has 2 rings (SSSR count). The van der Waals surface area contributed by atoms with Crippen molar-refractivity contribution < 1.29 is 9.84 Å². The molecule has 0 saturated heterocycles. The van der Waals surface area contributed by atoms with Crippen molar-refractivity contribution in [1.29, 1.82) is 5.41 Å².